The van der Waals surface area contributed by atoms with Crippen LogP contribution in [-0.2, 0) is 6.18 Å². The van der Waals surface area contributed by atoms with E-state index < -0.39 is 23.9 Å². The molecule has 0 aromatic heterocycles. The summed E-state index contributed by atoms with van der Waals surface area (Å²) >= 11 is 0. The smallest absolute Gasteiger partial charge is 0.416 e. The Kier molecular flexibility index (Phi) is 8.22. The molecule has 0 bridgehead atoms. The molecule has 0 spiro atoms. The Hall–Kier alpha value is -0.980. The number of ether oxygens (including phenoxy) is 1. The van der Waals surface area contributed by atoms with Crippen molar-refractivity contribution in [3.8, 4) is 5.75 Å². The van der Waals surface area contributed by atoms with Gasteiger partial charge in [-0.3, -0.25) is 0 Å². The molecular weight excluding hydrogens is 319 g/mol. The molecule has 0 radical (unpaired) electrons. The van der Waals surface area contributed by atoms with Crippen molar-refractivity contribution in [2.24, 2.45) is 11.7 Å². The van der Waals surface area contributed by atoms with Crippen LogP contribution in [0.15, 0.2) is 18.2 Å². The molecule has 1 aromatic carbocycles. The standard InChI is InChI=1S/C15H22F3NO2.ClH/c1-9(2)4-7-13(20)14(19)11-6-5-10(21-3)8-12(11)15(16,17)18;/h5-6,8-9,13-14,20H,4,7,19H2,1-3H3;1H/t13-,14+;/m1./s1. The van der Waals surface area contributed by atoms with Crippen LogP contribution in [0.5, 0.6) is 5.75 Å². The Balaban J connectivity index is 0.00000441. The number of rotatable bonds is 6. The van der Waals surface area contributed by atoms with Crippen molar-refractivity contribution < 1.29 is 23.0 Å². The number of benzene rings is 1. The number of hydrogen-bond donors (Lipinski definition) is 2. The molecule has 1 rings (SSSR count). The van der Waals surface area contributed by atoms with Crippen molar-refractivity contribution >= 4 is 12.4 Å². The van der Waals surface area contributed by atoms with Gasteiger partial charge in [0.2, 0.25) is 0 Å². The topological polar surface area (TPSA) is 55.5 Å². The molecule has 0 aliphatic heterocycles. The lowest BCUT2D eigenvalue weighted by Gasteiger charge is -2.23. The highest BCUT2D eigenvalue weighted by Crippen LogP contribution is 2.37. The minimum absolute atomic E-state index is 0. The minimum Gasteiger partial charge on any atom is -0.497 e. The number of alkyl halides is 3. The van der Waals surface area contributed by atoms with Gasteiger partial charge in [0, 0.05) is 0 Å². The van der Waals surface area contributed by atoms with E-state index >= 15 is 0 Å². The van der Waals surface area contributed by atoms with Gasteiger partial charge in [-0.25, -0.2) is 0 Å². The predicted molar refractivity (Wildman–Crippen MR) is 82.3 cm³/mol. The Bertz CT molecular complexity index is 467. The highest BCUT2D eigenvalue weighted by atomic mass is 35.5. The van der Waals surface area contributed by atoms with Crippen LogP contribution in [0, 0.1) is 5.92 Å². The lowest BCUT2D eigenvalue weighted by molar-refractivity contribution is -0.138. The van der Waals surface area contributed by atoms with E-state index in [1.807, 2.05) is 13.8 Å². The summed E-state index contributed by atoms with van der Waals surface area (Å²) in [5.74, 6) is 0.458. The molecule has 7 heteroatoms. The first-order valence-electron chi connectivity index (χ1n) is 6.85. The van der Waals surface area contributed by atoms with Crippen molar-refractivity contribution in [3.63, 3.8) is 0 Å². The average molecular weight is 342 g/mol. The number of halogens is 4. The molecule has 0 aliphatic carbocycles. The zero-order valence-electron chi connectivity index (χ0n) is 12.9. The van der Waals surface area contributed by atoms with Crippen LogP contribution < -0.4 is 10.5 Å². The van der Waals surface area contributed by atoms with Crippen LogP contribution in [0.4, 0.5) is 13.2 Å². The van der Waals surface area contributed by atoms with Gasteiger partial charge >= 0.3 is 6.18 Å². The van der Waals surface area contributed by atoms with E-state index in [4.69, 9.17) is 10.5 Å². The van der Waals surface area contributed by atoms with E-state index in [9.17, 15) is 18.3 Å². The van der Waals surface area contributed by atoms with E-state index in [2.05, 4.69) is 0 Å². The molecule has 3 nitrogen and oxygen atoms in total. The zero-order valence-corrected chi connectivity index (χ0v) is 13.7. The van der Waals surface area contributed by atoms with Crippen molar-refractivity contribution in [2.75, 3.05) is 7.11 Å². The minimum atomic E-state index is -4.54. The first-order chi connectivity index (χ1) is 9.66. The third-order valence-electron chi connectivity index (χ3n) is 3.38. The Morgan fingerprint density at radius 3 is 2.27 bits per heavy atom. The van der Waals surface area contributed by atoms with Crippen molar-refractivity contribution in [2.45, 2.75) is 45.0 Å². The molecule has 0 fully saturated rings. The van der Waals surface area contributed by atoms with E-state index in [1.54, 1.807) is 0 Å². The van der Waals surface area contributed by atoms with E-state index in [0.29, 0.717) is 18.8 Å². The summed E-state index contributed by atoms with van der Waals surface area (Å²) in [6, 6.07) is 2.51. The Labute approximate surface area is 135 Å². The number of nitrogens with two attached hydrogens (primary N) is 1. The summed E-state index contributed by atoms with van der Waals surface area (Å²) in [5.41, 5.74) is 4.85. The molecule has 0 amide bonds. The van der Waals surface area contributed by atoms with Gasteiger partial charge < -0.3 is 15.6 Å². The summed E-state index contributed by atoms with van der Waals surface area (Å²) in [7, 11) is 1.30. The summed E-state index contributed by atoms with van der Waals surface area (Å²) in [5, 5.41) is 10.0. The summed E-state index contributed by atoms with van der Waals surface area (Å²) < 4.78 is 44.2. The third kappa shape index (κ3) is 5.66. The monoisotopic (exact) mass is 341 g/mol. The van der Waals surface area contributed by atoms with Gasteiger partial charge in [-0.2, -0.15) is 13.2 Å². The largest absolute Gasteiger partial charge is 0.497 e. The van der Waals surface area contributed by atoms with Crippen LogP contribution >= 0.6 is 12.4 Å². The van der Waals surface area contributed by atoms with Gasteiger partial charge in [-0.05, 0) is 36.5 Å². The van der Waals surface area contributed by atoms with Gasteiger partial charge in [0.15, 0.2) is 0 Å². The maximum atomic E-state index is 13.1. The summed E-state index contributed by atoms with van der Waals surface area (Å²) in [4.78, 5) is 0. The lowest BCUT2D eigenvalue weighted by atomic mass is 9.92. The number of methoxy groups -OCH3 is 1. The van der Waals surface area contributed by atoms with Gasteiger partial charge in [0.25, 0.3) is 0 Å². The molecule has 0 heterocycles. The fraction of sp³-hybridized carbons (Fsp3) is 0.600. The molecule has 2 atom stereocenters. The maximum absolute atomic E-state index is 13.1. The van der Waals surface area contributed by atoms with Gasteiger partial charge in [0.05, 0.1) is 24.8 Å². The molecule has 0 unspecified atom stereocenters. The lowest BCUT2D eigenvalue weighted by Crippen LogP contribution is -2.29. The Morgan fingerprint density at radius 2 is 1.82 bits per heavy atom. The van der Waals surface area contributed by atoms with E-state index in [-0.39, 0.29) is 23.7 Å². The first kappa shape index (κ1) is 21.0. The second kappa shape index (κ2) is 8.60. The van der Waals surface area contributed by atoms with Crippen LogP contribution in [0.2, 0.25) is 0 Å². The van der Waals surface area contributed by atoms with E-state index in [0.717, 1.165) is 6.07 Å². The van der Waals surface area contributed by atoms with E-state index in [1.165, 1.54) is 19.2 Å². The zero-order chi connectivity index (χ0) is 16.2. The van der Waals surface area contributed by atoms with Crippen molar-refractivity contribution in [1.29, 1.82) is 0 Å². The van der Waals surface area contributed by atoms with Gasteiger partial charge in [-0.1, -0.05) is 19.9 Å². The van der Waals surface area contributed by atoms with Crippen LogP contribution in [0.3, 0.4) is 0 Å². The molecule has 0 saturated heterocycles. The highest BCUT2D eigenvalue weighted by Gasteiger charge is 2.36. The SMILES string of the molecule is COc1ccc([C@H](N)[C@H](O)CCC(C)C)c(C(F)(F)F)c1.Cl. The number of hydrogen-bond acceptors (Lipinski definition) is 3. The second-order valence-electron chi connectivity index (χ2n) is 5.52. The van der Waals surface area contributed by atoms with Crippen LogP contribution in [0.25, 0.3) is 0 Å². The van der Waals surface area contributed by atoms with Crippen molar-refractivity contribution in [3.05, 3.63) is 29.3 Å². The van der Waals surface area contributed by atoms with Crippen molar-refractivity contribution in [1.82, 2.24) is 0 Å². The molecular formula is C15H23ClF3NO2. The molecule has 128 valence electrons. The van der Waals surface area contributed by atoms with Gasteiger partial charge in [0.1, 0.15) is 5.75 Å². The predicted octanol–water partition coefficient (Wildman–Crippen LogP) is 3.93. The van der Waals surface area contributed by atoms with Gasteiger partial charge in [-0.15, -0.1) is 12.4 Å². The molecule has 1 aromatic rings. The summed E-state index contributed by atoms with van der Waals surface area (Å²) in [6.45, 7) is 3.96. The number of aliphatic hydroxyl groups excluding tert-OH is 1. The highest BCUT2D eigenvalue weighted by molar-refractivity contribution is 5.85. The maximum Gasteiger partial charge on any atom is 0.416 e. The Morgan fingerprint density at radius 1 is 1.23 bits per heavy atom. The summed E-state index contributed by atoms with van der Waals surface area (Å²) in [6.07, 6.45) is -4.49. The fourth-order valence-electron chi connectivity index (χ4n) is 2.09. The number of aliphatic hydroxyl groups is 1. The normalized spacial score (nSPS) is 14.4. The second-order valence-corrected chi connectivity index (χ2v) is 5.52. The molecule has 0 aliphatic rings. The quantitative estimate of drug-likeness (QED) is 0.824. The third-order valence-corrected chi connectivity index (χ3v) is 3.38. The molecule has 22 heavy (non-hydrogen) atoms. The molecule has 0 saturated carbocycles. The average Bonchev–Trinajstić information content (AvgIpc) is 2.42. The molecule has 3 N–H and O–H groups in total. The fourth-order valence-corrected chi connectivity index (χ4v) is 2.09. The van der Waals surface area contributed by atoms with Crippen LogP contribution in [-0.4, -0.2) is 18.3 Å². The first-order valence-corrected chi connectivity index (χ1v) is 6.85. The van der Waals surface area contributed by atoms with Crippen LogP contribution in [0.1, 0.15) is 43.9 Å².